The van der Waals surface area contributed by atoms with Gasteiger partial charge in [-0.25, -0.2) is 0 Å². The van der Waals surface area contributed by atoms with E-state index in [1.807, 2.05) is 6.92 Å². The number of hydrogen-bond donors (Lipinski definition) is 3. The Hall–Kier alpha value is -2.41. The van der Waals surface area contributed by atoms with Gasteiger partial charge in [0.1, 0.15) is 11.6 Å². The maximum atomic E-state index is 11.8. The lowest BCUT2D eigenvalue weighted by Gasteiger charge is -2.06. The molecule has 3 N–H and O–H groups in total. The van der Waals surface area contributed by atoms with E-state index in [0.29, 0.717) is 31.9 Å². The van der Waals surface area contributed by atoms with Crippen LogP contribution in [0.3, 0.4) is 0 Å². The van der Waals surface area contributed by atoms with E-state index in [1.165, 1.54) is 30.5 Å². The second-order valence-electron chi connectivity index (χ2n) is 4.62. The van der Waals surface area contributed by atoms with Gasteiger partial charge in [0.25, 0.3) is 16.0 Å². The smallest absolute Gasteiger partial charge is 0.294 e. The molecule has 0 radical (unpaired) electrons. The normalized spacial score (nSPS) is 11.6. The fourth-order valence-electron chi connectivity index (χ4n) is 1.64. The molecule has 0 bridgehead atoms. The Morgan fingerprint density at radius 3 is 2.58 bits per heavy atom. The minimum absolute atomic E-state index is 0.120. The molecule has 0 heterocycles. The molecular formula is C15H19N3O5S. The fourth-order valence-corrected chi connectivity index (χ4v) is 2.12. The number of carbonyl (C=O) groups excluding carboxylic acids is 1. The van der Waals surface area contributed by atoms with E-state index in [-0.39, 0.29) is 10.5 Å². The van der Waals surface area contributed by atoms with Gasteiger partial charge in [0.05, 0.1) is 4.90 Å². The number of amides is 1. The molecule has 0 fully saturated rings. The summed E-state index contributed by atoms with van der Waals surface area (Å²) in [5, 5.41) is 14.3. The second-order valence-corrected chi connectivity index (χ2v) is 6.04. The van der Waals surface area contributed by atoms with Crippen LogP contribution in [0.15, 0.2) is 40.9 Å². The van der Waals surface area contributed by atoms with Crippen LogP contribution in [0.1, 0.15) is 13.3 Å². The Kier molecular flexibility index (Phi) is 7.91. The van der Waals surface area contributed by atoms with Gasteiger partial charge in [-0.1, -0.05) is 0 Å². The first kappa shape index (κ1) is 19.6. The molecule has 1 rings (SSSR count). The first-order valence-corrected chi connectivity index (χ1v) is 8.62. The average Bonchev–Trinajstić information content (AvgIpc) is 2.55. The fraction of sp³-hybridized carbons (Fsp3) is 0.333. The van der Waals surface area contributed by atoms with Gasteiger partial charge in [0.2, 0.25) is 0 Å². The summed E-state index contributed by atoms with van der Waals surface area (Å²) >= 11 is 0. The first-order chi connectivity index (χ1) is 11.4. The molecule has 0 aromatic heterocycles. The SMILES string of the molecule is CCOCCCNC(=O)/C(C#N)=C\Nc1ccc(S(=O)(=O)O)cc1. The lowest BCUT2D eigenvalue weighted by molar-refractivity contribution is -0.117. The summed E-state index contributed by atoms with van der Waals surface area (Å²) in [5.41, 5.74) is 0.338. The van der Waals surface area contributed by atoms with Crippen molar-refractivity contribution in [3.8, 4) is 6.07 Å². The van der Waals surface area contributed by atoms with E-state index in [1.54, 1.807) is 6.07 Å². The Balaban J connectivity index is 2.59. The van der Waals surface area contributed by atoms with E-state index in [0.717, 1.165) is 0 Å². The van der Waals surface area contributed by atoms with Crippen LogP contribution in [-0.4, -0.2) is 38.6 Å². The van der Waals surface area contributed by atoms with Gasteiger partial charge < -0.3 is 15.4 Å². The van der Waals surface area contributed by atoms with Gasteiger partial charge in [0, 0.05) is 31.6 Å². The van der Waals surface area contributed by atoms with Crippen LogP contribution in [0.4, 0.5) is 5.69 Å². The minimum atomic E-state index is -4.26. The van der Waals surface area contributed by atoms with Crippen molar-refractivity contribution < 1.29 is 22.5 Å². The van der Waals surface area contributed by atoms with Crippen molar-refractivity contribution in [3.05, 3.63) is 36.0 Å². The standard InChI is InChI=1S/C15H19N3O5S/c1-2-23-9-3-8-17-15(19)12(10-16)11-18-13-4-6-14(7-5-13)24(20,21)22/h4-7,11,18H,2-3,8-9H2,1H3,(H,17,19)(H,20,21,22)/b12-11-. The number of benzene rings is 1. The third-order valence-corrected chi connectivity index (χ3v) is 3.72. The summed E-state index contributed by atoms with van der Waals surface area (Å²) in [6.45, 7) is 3.41. The molecule has 9 heteroatoms. The molecule has 1 amide bonds. The molecule has 1 aromatic rings. The zero-order valence-corrected chi connectivity index (χ0v) is 14.0. The van der Waals surface area contributed by atoms with E-state index in [4.69, 9.17) is 14.6 Å². The Labute approximate surface area is 140 Å². The molecule has 0 aliphatic carbocycles. The quantitative estimate of drug-likeness (QED) is 0.264. The predicted octanol–water partition coefficient (Wildman–Crippen LogP) is 1.30. The topological polar surface area (TPSA) is 129 Å². The lowest BCUT2D eigenvalue weighted by Crippen LogP contribution is -2.26. The molecule has 0 atom stereocenters. The zero-order valence-electron chi connectivity index (χ0n) is 13.2. The molecule has 1 aromatic carbocycles. The highest BCUT2D eigenvalue weighted by atomic mass is 32.2. The number of ether oxygens (including phenoxy) is 1. The van der Waals surface area contributed by atoms with Gasteiger partial charge in [-0.3, -0.25) is 9.35 Å². The third kappa shape index (κ3) is 6.78. The van der Waals surface area contributed by atoms with Crippen LogP contribution in [0.25, 0.3) is 0 Å². The van der Waals surface area contributed by atoms with Crippen molar-refractivity contribution in [2.75, 3.05) is 25.1 Å². The summed E-state index contributed by atoms with van der Waals surface area (Å²) < 4.78 is 35.9. The van der Waals surface area contributed by atoms with Gasteiger partial charge in [-0.15, -0.1) is 0 Å². The van der Waals surface area contributed by atoms with Crippen molar-refractivity contribution >= 4 is 21.7 Å². The van der Waals surface area contributed by atoms with E-state index in [9.17, 15) is 13.2 Å². The van der Waals surface area contributed by atoms with Crippen molar-refractivity contribution in [1.29, 1.82) is 5.26 Å². The first-order valence-electron chi connectivity index (χ1n) is 7.18. The van der Waals surface area contributed by atoms with Crippen LogP contribution in [0, 0.1) is 11.3 Å². The summed E-state index contributed by atoms with van der Waals surface area (Å²) in [7, 11) is -4.26. The largest absolute Gasteiger partial charge is 0.382 e. The van der Waals surface area contributed by atoms with E-state index < -0.39 is 16.0 Å². The van der Waals surface area contributed by atoms with E-state index in [2.05, 4.69) is 10.6 Å². The highest BCUT2D eigenvalue weighted by Crippen LogP contribution is 2.14. The van der Waals surface area contributed by atoms with Crippen molar-refractivity contribution in [3.63, 3.8) is 0 Å². The summed E-state index contributed by atoms with van der Waals surface area (Å²) in [6.07, 6.45) is 1.86. The lowest BCUT2D eigenvalue weighted by atomic mass is 10.2. The van der Waals surface area contributed by atoms with Gasteiger partial charge in [-0.05, 0) is 37.6 Å². The molecule has 0 saturated carbocycles. The van der Waals surface area contributed by atoms with E-state index >= 15 is 0 Å². The van der Waals surface area contributed by atoms with Gasteiger partial charge in [0.15, 0.2) is 0 Å². The van der Waals surface area contributed by atoms with Gasteiger partial charge >= 0.3 is 0 Å². The summed E-state index contributed by atoms with van der Waals surface area (Å²) in [5.74, 6) is -0.518. The van der Waals surface area contributed by atoms with Crippen molar-refractivity contribution in [2.45, 2.75) is 18.2 Å². The number of hydrogen-bond acceptors (Lipinski definition) is 6. The number of nitrogens with one attached hydrogen (secondary N) is 2. The zero-order chi connectivity index (χ0) is 18.0. The molecular weight excluding hydrogens is 334 g/mol. The Morgan fingerprint density at radius 1 is 1.38 bits per heavy atom. The monoisotopic (exact) mass is 353 g/mol. The Bertz CT molecular complexity index is 720. The van der Waals surface area contributed by atoms with Crippen LogP contribution in [0.5, 0.6) is 0 Å². The molecule has 0 aliphatic rings. The molecule has 0 unspecified atom stereocenters. The minimum Gasteiger partial charge on any atom is -0.382 e. The second kappa shape index (κ2) is 9.67. The number of nitriles is 1. The highest BCUT2D eigenvalue weighted by Gasteiger charge is 2.09. The number of rotatable bonds is 9. The van der Waals surface area contributed by atoms with Crippen LogP contribution < -0.4 is 10.6 Å². The van der Waals surface area contributed by atoms with Gasteiger partial charge in [-0.2, -0.15) is 13.7 Å². The van der Waals surface area contributed by atoms with Crippen molar-refractivity contribution in [2.24, 2.45) is 0 Å². The number of carbonyl (C=O) groups is 1. The van der Waals surface area contributed by atoms with Crippen molar-refractivity contribution in [1.82, 2.24) is 5.32 Å². The molecule has 8 nitrogen and oxygen atoms in total. The molecule has 130 valence electrons. The van der Waals surface area contributed by atoms with Crippen LogP contribution >= 0.6 is 0 Å². The summed E-state index contributed by atoms with van der Waals surface area (Å²) in [4.78, 5) is 11.6. The molecule has 0 saturated heterocycles. The molecule has 0 spiro atoms. The predicted molar refractivity (Wildman–Crippen MR) is 87.7 cm³/mol. The summed E-state index contributed by atoms with van der Waals surface area (Å²) in [6, 6.07) is 6.97. The van der Waals surface area contributed by atoms with Crippen LogP contribution in [-0.2, 0) is 19.6 Å². The third-order valence-electron chi connectivity index (χ3n) is 2.86. The highest BCUT2D eigenvalue weighted by molar-refractivity contribution is 7.85. The van der Waals surface area contributed by atoms with Crippen LogP contribution in [0.2, 0.25) is 0 Å². The molecule has 24 heavy (non-hydrogen) atoms. The number of nitrogens with zero attached hydrogens (tertiary/aromatic N) is 1. The maximum Gasteiger partial charge on any atom is 0.294 e. The average molecular weight is 353 g/mol. The molecule has 0 aliphatic heterocycles. The number of anilines is 1. The Morgan fingerprint density at radius 2 is 2.04 bits per heavy atom. The maximum absolute atomic E-state index is 11.8.